The van der Waals surface area contributed by atoms with Gasteiger partial charge in [0.1, 0.15) is 11.6 Å². The maximum atomic E-state index is 12.8. The number of ether oxygens (including phenoxy) is 1. The van der Waals surface area contributed by atoms with E-state index in [2.05, 4.69) is 25.2 Å². The van der Waals surface area contributed by atoms with Crippen LogP contribution in [0.15, 0.2) is 48.8 Å². The lowest BCUT2D eigenvalue weighted by Crippen LogP contribution is -2.30. The van der Waals surface area contributed by atoms with Crippen molar-refractivity contribution < 1.29 is 23.4 Å². The van der Waals surface area contributed by atoms with Crippen LogP contribution in [0.4, 0.5) is 20.3 Å². The summed E-state index contributed by atoms with van der Waals surface area (Å²) in [6.07, 6.45) is 3.65. The maximum Gasteiger partial charge on any atom is 0.487 e. The van der Waals surface area contributed by atoms with E-state index in [1.54, 1.807) is 25.3 Å². The number of β-amino-alcohol motifs (C(OH)–C–C–N with tert-alkyl or cyclic N) is 1. The second-order valence-electron chi connectivity index (χ2n) is 7.76. The Hall–Kier alpha value is -3.24. The summed E-state index contributed by atoms with van der Waals surface area (Å²) >= 11 is 4.75. The van der Waals surface area contributed by atoms with Crippen LogP contribution in [-0.4, -0.2) is 50.5 Å². The molecular formula is C21H20ClF2N5O3. The van der Waals surface area contributed by atoms with Gasteiger partial charge in [-0.25, -0.2) is 4.98 Å². The molecule has 3 heterocycles. The zero-order valence-electron chi connectivity index (χ0n) is 17.0. The van der Waals surface area contributed by atoms with Crippen molar-refractivity contribution in [2.24, 2.45) is 0 Å². The highest BCUT2D eigenvalue weighted by Gasteiger charge is 2.33. The fraction of sp³-hybridized carbons (Fsp3) is 0.286. The molecule has 1 saturated heterocycles. The highest BCUT2D eigenvalue weighted by Crippen LogP contribution is 2.33. The van der Waals surface area contributed by atoms with Crippen molar-refractivity contribution in [1.82, 2.24) is 15.2 Å². The number of nitrogens with zero attached hydrogens (tertiary/aromatic N) is 3. The number of carbonyl (C=O) groups excluding carboxylic acids is 1. The first kappa shape index (κ1) is 22.0. The summed E-state index contributed by atoms with van der Waals surface area (Å²) in [7, 11) is 0. The fourth-order valence-corrected chi connectivity index (χ4v) is 3.60. The number of aromatic nitrogens is 3. The molecule has 1 aliphatic heterocycles. The van der Waals surface area contributed by atoms with Crippen LogP contribution in [0.1, 0.15) is 23.7 Å². The molecule has 3 aromatic rings. The van der Waals surface area contributed by atoms with Crippen LogP contribution in [0, 0.1) is 0 Å². The second-order valence-corrected chi connectivity index (χ2v) is 8.20. The number of H-pyrrole nitrogens is 1. The molecule has 2 aromatic heterocycles. The van der Waals surface area contributed by atoms with Crippen molar-refractivity contribution in [2.45, 2.75) is 24.5 Å². The van der Waals surface area contributed by atoms with Gasteiger partial charge in [-0.2, -0.15) is 5.10 Å². The summed E-state index contributed by atoms with van der Waals surface area (Å²) in [4.78, 5) is 19.2. The number of rotatable bonds is 6. The largest absolute Gasteiger partial charge is 0.487 e. The molecule has 1 aliphatic rings. The maximum absolute atomic E-state index is 12.8. The van der Waals surface area contributed by atoms with Gasteiger partial charge < -0.3 is 20.1 Å². The predicted octanol–water partition coefficient (Wildman–Crippen LogP) is 3.85. The third kappa shape index (κ3) is 5.14. The van der Waals surface area contributed by atoms with E-state index in [4.69, 9.17) is 11.6 Å². The highest BCUT2D eigenvalue weighted by atomic mass is 35.5. The Kier molecular flexibility index (Phi) is 5.74. The molecule has 8 nitrogen and oxygen atoms in total. The van der Waals surface area contributed by atoms with Gasteiger partial charge in [0.05, 0.1) is 16.9 Å². The van der Waals surface area contributed by atoms with E-state index in [9.17, 15) is 18.7 Å². The molecule has 168 valence electrons. The topological polar surface area (TPSA) is 103 Å². The smallest absolute Gasteiger partial charge is 0.420 e. The molecule has 3 N–H and O–H groups in total. The van der Waals surface area contributed by atoms with Crippen LogP contribution in [0.25, 0.3) is 11.3 Å². The number of amides is 1. The molecule has 11 heteroatoms. The van der Waals surface area contributed by atoms with E-state index in [-0.39, 0.29) is 11.3 Å². The number of hydrogen-bond donors (Lipinski definition) is 3. The molecule has 4 rings (SSSR count). The lowest BCUT2D eigenvalue weighted by Gasteiger charge is -2.22. The molecule has 0 saturated carbocycles. The predicted molar refractivity (Wildman–Crippen MR) is 115 cm³/mol. The summed E-state index contributed by atoms with van der Waals surface area (Å²) in [6, 6.07) is 8.82. The number of carbonyl (C=O) groups is 1. The number of nitrogens with one attached hydrogen (secondary N) is 2. The van der Waals surface area contributed by atoms with Gasteiger partial charge in [0.2, 0.25) is 0 Å². The third-order valence-corrected chi connectivity index (χ3v) is 5.09. The zero-order valence-corrected chi connectivity index (χ0v) is 17.7. The Labute approximate surface area is 187 Å². The van der Waals surface area contributed by atoms with E-state index in [1.165, 1.54) is 30.5 Å². The number of halogens is 3. The van der Waals surface area contributed by atoms with Gasteiger partial charge >= 0.3 is 5.57 Å². The summed E-state index contributed by atoms with van der Waals surface area (Å²) < 4.78 is 29.7. The molecule has 0 bridgehead atoms. The number of aromatic amines is 1. The molecule has 0 radical (unpaired) electrons. The average Bonchev–Trinajstić information content (AvgIpc) is 3.37. The standard InChI is InChI=1S/C21H20ClF2N5O3/c1-20(31)7-9-29(12-20)18-16(17-6-8-26-28-17)10-13(11-25-18)19(30)27-14-2-4-15(5-3-14)32-21(22,23)24/h2-6,8,10-11,31H,7,9,12H2,1H3,(H,26,28)(H,27,30)/t20-/m1/s1. The van der Waals surface area contributed by atoms with Gasteiger partial charge in [-0.3, -0.25) is 9.89 Å². The van der Waals surface area contributed by atoms with Gasteiger partial charge in [-0.15, -0.1) is 8.78 Å². The van der Waals surface area contributed by atoms with Crippen LogP contribution in [0.2, 0.25) is 0 Å². The fourth-order valence-electron chi connectivity index (χ4n) is 3.51. The van der Waals surface area contributed by atoms with Crippen LogP contribution >= 0.6 is 11.6 Å². The molecule has 1 aromatic carbocycles. The first-order valence-electron chi connectivity index (χ1n) is 9.74. The molecule has 1 fully saturated rings. The molecule has 0 spiro atoms. The molecule has 1 amide bonds. The highest BCUT2D eigenvalue weighted by molar-refractivity contribution is 6.20. The van der Waals surface area contributed by atoms with Crippen molar-refractivity contribution in [3.63, 3.8) is 0 Å². The van der Waals surface area contributed by atoms with E-state index >= 15 is 0 Å². The minimum absolute atomic E-state index is 0.142. The minimum atomic E-state index is -3.82. The summed E-state index contributed by atoms with van der Waals surface area (Å²) in [6.45, 7) is 2.82. The molecular weight excluding hydrogens is 444 g/mol. The quantitative estimate of drug-likeness (QED) is 0.480. The van der Waals surface area contributed by atoms with Gasteiger partial charge in [-0.1, -0.05) is 0 Å². The molecule has 32 heavy (non-hydrogen) atoms. The van der Waals surface area contributed by atoms with Crippen molar-refractivity contribution in [1.29, 1.82) is 0 Å². The molecule has 0 unspecified atom stereocenters. The van der Waals surface area contributed by atoms with E-state index in [1.807, 2.05) is 4.90 Å². The first-order valence-corrected chi connectivity index (χ1v) is 10.1. The van der Waals surface area contributed by atoms with E-state index < -0.39 is 17.1 Å². The van der Waals surface area contributed by atoms with Crippen LogP contribution in [0.3, 0.4) is 0 Å². The number of pyridine rings is 1. The number of benzene rings is 1. The van der Waals surface area contributed by atoms with Crippen LogP contribution in [0.5, 0.6) is 5.75 Å². The zero-order chi connectivity index (χ0) is 22.9. The Morgan fingerprint density at radius 3 is 2.69 bits per heavy atom. The van der Waals surface area contributed by atoms with Crippen molar-refractivity contribution in [3.05, 3.63) is 54.4 Å². The summed E-state index contributed by atoms with van der Waals surface area (Å²) in [5.41, 5.74) is -2.62. The van der Waals surface area contributed by atoms with Crippen LogP contribution in [-0.2, 0) is 0 Å². The van der Waals surface area contributed by atoms with E-state index in [0.29, 0.717) is 42.3 Å². The Morgan fingerprint density at radius 2 is 2.09 bits per heavy atom. The van der Waals surface area contributed by atoms with Gasteiger partial charge in [0.15, 0.2) is 0 Å². The van der Waals surface area contributed by atoms with Crippen molar-refractivity contribution >= 4 is 29.0 Å². The first-order chi connectivity index (χ1) is 15.1. The average molecular weight is 464 g/mol. The monoisotopic (exact) mass is 463 g/mol. The molecule has 0 aliphatic carbocycles. The number of alkyl halides is 3. The van der Waals surface area contributed by atoms with Crippen molar-refractivity contribution in [3.8, 4) is 17.0 Å². The molecule has 1 atom stereocenters. The van der Waals surface area contributed by atoms with Crippen LogP contribution < -0.4 is 15.0 Å². The lowest BCUT2D eigenvalue weighted by molar-refractivity contribution is -0.0964. The summed E-state index contributed by atoms with van der Waals surface area (Å²) in [5.74, 6) is 0.0544. The SMILES string of the molecule is C[C@@]1(O)CCN(c2ncc(C(=O)Nc3ccc(OC(F)(F)Cl)cc3)cc2-c2ccn[nH]2)C1. The summed E-state index contributed by atoms with van der Waals surface area (Å²) in [5, 5.41) is 19.9. The number of anilines is 2. The second kappa shape index (κ2) is 8.36. The Bertz CT molecular complexity index is 1100. The van der Waals surface area contributed by atoms with E-state index in [0.717, 1.165) is 0 Å². The Morgan fingerprint density at radius 1 is 1.34 bits per heavy atom. The normalized spacial score (nSPS) is 18.6. The Balaban J connectivity index is 1.56. The lowest BCUT2D eigenvalue weighted by atomic mass is 10.1. The number of aliphatic hydroxyl groups is 1. The van der Waals surface area contributed by atoms with Gasteiger partial charge in [-0.05, 0) is 49.7 Å². The van der Waals surface area contributed by atoms with Gasteiger partial charge in [0, 0.05) is 48.3 Å². The minimum Gasteiger partial charge on any atom is -0.420 e. The van der Waals surface area contributed by atoms with Crippen molar-refractivity contribution in [2.75, 3.05) is 23.3 Å². The van der Waals surface area contributed by atoms with Gasteiger partial charge in [0.25, 0.3) is 5.91 Å². The third-order valence-electron chi connectivity index (χ3n) is 5.02. The number of hydrogen-bond acceptors (Lipinski definition) is 6.